The molecular weight excluding hydrogens is 722 g/mol. The fourth-order valence-corrected chi connectivity index (χ4v) is 7.00. The van der Waals surface area contributed by atoms with Crippen LogP contribution in [-0.2, 0) is 42.6 Å². The Morgan fingerprint density at radius 3 is 1.33 bits per heavy atom. The van der Waals surface area contributed by atoms with Gasteiger partial charge < -0.3 is 35.4 Å². The van der Waals surface area contributed by atoms with E-state index >= 15 is 0 Å². The Labute approximate surface area is 357 Å². The predicted octanol–water partition coefficient (Wildman–Crippen LogP) is 3.60. The molecule has 0 bridgehead atoms. The van der Waals surface area contributed by atoms with Crippen LogP contribution in [0.1, 0.15) is 100.0 Å². The molecule has 3 aromatic carbocycles. The first-order valence-corrected chi connectivity index (χ1v) is 16.7. The number of benzene rings is 3. The molecule has 0 aliphatic carbocycles. The van der Waals surface area contributed by atoms with Crippen LogP contribution in [0, 0.1) is 13.8 Å². The SMILES string of the molecule is Cc1c(C2(c3cc(C(C)C)c(O)c(CN(CC(=O)O)CC(=O)O)c3C)OC(=O)c3ccccc32)cc(C(C)C)c(O)c1CN(CC(=O)O)CC(=O)O.[Na].[Na]. The van der Waals surface area contributed by atoms with Crippen molar-refractivity contribution in [1.29, 1.82) is 0 Å². The molecule has 0 saturated carbocycles. The van der Waals surface area contributed by atoms with E-state index < -0.39 is 61.6 Å². The number of rotatable bonds is 16. The summed E-state index contributed by atoms with van der Waals surface area (Å²) >= 11 is 0. The van der Waals surface area contributed by atoms with Crippen LogP contribution >= 0.6 is 0 Å². The van der Waals surface area contributed by atoms with Crippen LogP contribution < -0.4 is 0 Å². The van der Waals surface area contributed by atoms with Crippen LogP contribution in [0.2, 0.25) is 0 Å². The van der Waals surface area contributed by atoms with Gasteiger partial charge in [0.1, 0.15) is 11.5 Å². The van der Waals surface area contributed by atoms with Gasteiger partial charge in [0.2, 0.25) is 0 Å². The molecular formula is C38H44N2Na2O12. The van der Waals surface area contributed by atoms with Crippen molar-refractivity contribution in [1.82, 2.24) is 9.80 Å². The van der Waals surface area contributed by atoms with E-state index in [0.29, 0.717) is 38.9 Å². The van der Waals surface area contributed by atoms with Crippen LogP contribution in [0.3, 0.4) is 0 Å². The zero-order valence-corrected chi connectivity index (χ0v) is 35.9. The van der Waals surface area contributed by atoms with Crippen LogP contribution in [0.4, 0.5) is 0 Å². The van der Waals surface area contributed by atoms with E-state index in [2.05, 4.69) is 0 Å². The second kappa shape index (κ2) is 18.9. The number of carbonyl (C=O) groups excluding carboxylic acids is 1. The van der Waals surface area contributed by atoms with Gasteiger partial charge in [-0.15, -0.1) is 0 Å². The topological polar surface area (TPSA) is 222 Å². The zero-order valence-electron chi connectivity index (χ0n) is 31.9. The molecule has 14 nitrogen and oxygen atoms in total. The minimum Gasteiger partial charge on any atom is -0.507 e. The molecule has 1 aliphatic rings. The Morgan fingerprint density at radius 2 is 1.00 bits per heavy atom. The van der Waals surface area contributed by atoms with Gasteiger partial charge in [-0.3, -0.25) is 29.0 Å². The summed E-state index contributed by atoms with van der Waals surface area (Å²) in [6, 6.07) is 10.1. The third-order valence-corrected chi connectivity index (χ3v) is 9.41. The Morgan fingerprint density at radius 1 is 0.648 bits per heavy atom. The molecule has 0 saturated heterocycles. The summed E-state index contributed by atoms with van der Waals surface area (Å²) < 4.78 is 6.47. The third kappa shape index (κ3) is 9.66. The van der Waals surface area contributed by atoms with Crippen molar-refractivity contribution < 1.29 is 59.3 Å². The average molecular weight is 767 g/mol. The van der Waals surface area contributed by atoms with Gasteiger partial charge in [-0.1, -0.05) is 45.9 Å². The number of phenolic OH excluding ortho intramolecular Hbond substituents is 2. The molecule has 0 atom stereocenters. The van der Waals surface area contributed by atoms with Gasteiger partial charge in [0.25, 0.3) is 0 Å². The number of nitrogens with zero attached hydrogens (tertiary/aromatic N) is 2. The summed E-state index contributed by atoms with van der Waals surface area (Å²) in [6.07, 6.45) is 0. The molecule has 280 valence electrons. The average Bonchev–Trinajstić information content (AvgIpc) is 3.32. The van der Waals surface area contributed by atoms with E-state index in [1.54, 1.807) is 50.2 Å². The maximum atomic E-state index is 13.8. The summed E-state index contributed by atoms with van der Waals surface area (Å²) in [5.74, 6) is -6.76. The second-order valence-electron chi connectivity index (χ2n) is 13.7. The number of carboxylic acids is 4. The van der Waals surface area contributed by atoms with Gasteiger partial charge in [0.15, 0.2) is 5.60 Å². The monoisotopic (exact) mass is 766 g/mol. The number of carboxylic acid groups (broad SMARTS) is 4. The number of carbonyl (C=O) groups is 5. The number of aromatic hydroxyl groups is 2. The number of hydrogen-bond acceptors (Lipinski definition) is 10. The summed E-state index contributed by atoms with van der Waals surface area (Å²) in [5, 5.41) is 61.6. The molecule has 16 heteroatoms. The molecule has 0 unspecified atom stereocenters. The molecule has 6 N–H and O–H groups in total. The number of phenols is 2. The number of aliphatic carboxylic acids is 4. The number of cyclic esters (lactones) is 1. The van der Waals surface area contributed by atoms with Gasteiger partial charge in [-0.25, -0.2) is 4.79 Å². The van der Waals surface area contributed by atoms with Crippen LogP contribution in [0.5, 0.6) is 11.5 Å². The first kappa shape index (κ1) is 46.7. The van der Waals surface area contributed by atoms with Crippen molar-refractivity contribution in [3.8, 4) is 11.5 Å². The predicted molar refractivity (Wildman–Crippen MR) is 198 cm³/mol. The molecule has 0 aromatic heterocycles. The zero-order chi connectivity index (χ0) is 38.8. The van der Waals surface area contributed by atoms with E-state index in [0.717, 1.165) is 9.80 Å². The minimum absolute atomic E-state index is 0. The normalized spacial score (nSPS) is 13.0. The van der Waals surface area contributed by atoms with Crippen molar-refractivity contribution >= 4 is 89.0 Å². The van der Waals surface area contributed by atoms with Crippen molar-refractivity contribution in [3.05, 3.63) is 92.0 Å². The van der Waals surface area contributed by atoms with Gasteiger partial charge >= 0.3 is 29.8 Å². The van der Waals surface area contributed by atoms with Crippen LogP contribution in [-0.4, -0.2) is 156 Å². The molecule has 1 heterocycles. The summed E-state index contributed by atoms with van der Waals surface area (Å²) in [7, 11) is 0. The maximum Gasteiger partial charge on any atom is 0.340 e. The standard InChI is InChI=1S/C38H44N2O12.2Na/c1-19(2)24-11-29(21(5)26(35(24)49)13-39(15-31(41)42)16-32(43)44)38(28-10-8-7-9-23(28)37(51)52-38)30-12-25(20(3)4)36(50)27(22(30)6)14-40(17-33(45)46)18-34(47)48;;/h7-12,19-20,49-50H,13-18H2,1-6H3,(H,41,42)(H,43,44)(H,45,46)(H,47,48);;. The van der Waals surface area contributed by atoms with E-state index in [9.17, 15) is 54.6 Å². The first-order valence-electron chi connectivity index (χ1n) is 16.7. The number of hydrogen-bond donors (Lipinski definition) is 6. The molecule has 2 radical (unpaired) electrons. The Kier molecular flexibility index (Phi) is 16.4. The summed E-state index contributed by atoms with van der Waals surface area (Å²) in [6.45, 7) is 7.48. The Bertz CT molecular complexity index is 1810. The fourth-order valence-electron chi connectivity index (χ4n) is 7.00. The second-order valence-corrected chi connectivity index (χ2v) is 13.7. The van der Waals surface area contributed by atoms with E-state index in [-0.39, 0.29) is 112 Å². The van der Waals surface area contributed by atoms with Gasteiger partial charge in [0, 0.05) is 100 Å². The number of fused-ring (bicyclic) bond motifs is 1. The molecule has 0 spiro atoms. The maximum absolute atomic E-state index is 13.8. The summed E-state index contributed by atoms with van der Waals surface area (Å²) in [4.78, 5) is 63.1. The quantitative estimate of drug-likeness (QED) is 0.0906. The van der Waals surface area contributed by atoms with Crippen molar-refractivity contribution in [2.24, 2.45) is 0 Å². The summed E-state index contributed by atoms with van der Waals surface area (Å²) in [5.41, 5.74) is 1.70. The van der Waals surface area contributed by atoms with Crippen molar-refractivity contribution in [2.45, 2.75) is 72.1 Å². The van der Waals surface area contributed by atoms with Gasteiger partial charge in [0.05, 0.1) is 31.7 Å². The molecule has 0 fully saturated rings. The largest absolute Gasteiger partial charge is 0.507 e. The van der Waals surface area contributed by atoms with E-state index in [4.69, 9.17) is 4.74 Å². The minimum atomic E-state index is -1.76. The van der Waals surface area contributed by atoms with Crippen LogP contribution in [0.25, 0.3) is 0 Å². The molecule has 1 aliphatic heterocycles. The third-order valence-electron chi connectivity index (χ3n) is 9.41. The van der Waals surface area contributed by atoms with E-state index in [1.165, 1.54) is 0 Å². The fraction of sp³-hybridized carbons (Fsp3) is 0.395. The molecule has 0 amide bonds. The Balaban J connectivity index is 0.00000504. The first-order chi connectivity index (χ1) is 24.3. The van der Waals surface area contributed by atoms with Gasteiger partial charge in [-0.05, 0) is 66.1 Å². The molecule has 4 rings (SSSR count). The molecule has 3 aromatic rings. The Hall–Kier alpha value is -3.47. The van der Waals surface area contributed by atoms with Crippen molar-refractivity contribution in [3.63, 3.8) is 0 Å². The van der Waals surface area contributed by atoms with Crippen LogP contribution in [0.15, 0.2) is 36.4 Å². The van der Waals surface area contributed by atoms with Gasteiger partial charge in [-0.2, -0.15) is 0 Å². The van der Waals surface area contributed by atoms with E-state index in [1.807, 2.05) is 27.7 Å². The number of ether oxygens (including phenoxy) is 1. The van der Waals surface area contributed by atoms with Crippen molar-refractivity contribution in [2.75, 3.05) is 26.2 Å². The number of esters is 1. The smallest absolute Gasteiger partial charge is 0.340 e. The molecule has 54 heavy (non-hydrogen) atoms.